The summed E-state index contributed by atoms with van der Waals surface area (Å²) in [7, 11) is 1.51. The number of hydrogen-bond acceptors (Lipinski definition) is 6. The van der Waals surface area contributed by atoms with Crippen LogP contribution in [0.4, 0.5) is 5.69 Å². The molecule has 2 aromatic carbocycles. The Morgan fingerprint density at radius 2 is 1.97 bits per heavy atom. The van der Waals surface area contributed by atoms with Gasteiger partial charge in [-0.3, -0.25) is 9.59 Å². The van der Waals surface area contributed by atoms with Gasteiger partial charge in [0.1, 0.15) is 17.1 Å². The number of ether oxygens (including phenoxy) is 2. The smallest absolute Gasteiger partial charge is 0.336 e. The highest BCUT2D eigenvalue weighted by Gasteiger charge is 2.33. The molecule has 1 unspecified atom stereocenters. The van der Waals surface area contributed by atoms with E-state index in [0.29, 0.717) is 22.8 Å². The van der Waals surface area contributed by atoms with E-state index >= 15 is 0 Å². The molecular weight excluding hydrogens is 376 g/mol. The monoisotopic (exact) mass is 394 g/mol. The van der Waals surface area contributed by atoms with Crippen molar-refractivity contribution in [1.82, 2.24) is 5.32 Å². The average Bonchev–Trinajstić information content (AvgIpc) is 2.75. The van der Waals surface area contributed by atoms with Crippen LogP contribution < -0.4 is 25.3 Å². The molecular formula is C21H18N2O6. The van der Waals surface area contributed by atoms with Crippen molar-refractivity contribution in [3.05, 3.63) is 65.0 Å². The van der Waals surface area contributed by atoms with Crippen molar-refractivity contribution < 1.29 is 23.5 Å². The molecule has 29 heavy (non-hydrogen) atoms. The normalized spacial score (nSPS) is 15.3. The van der Waals surface area contributed by atoms with E-state index in [2.05, 4.69) is 5.32 Å². The number of benzene rings is 2. The minimum Gasteiger partial charge on any atom is -0.484 e. The van der Waals surface area contributed by atoms with Crippen LogP contribution in [0.1, 0.15) is 0 Å². The maximum absolute atomic E-state index is 12.8. The standard InChI is InChI=1S/C21H18N2O6/c1-22-21(26)18-11-23(15-4-2-3-5-16(15)28-18)19(24)12-27-14-8-6-13-7-9-20(25)29-17(13)10-14/h2-10,18H,11-12H2,1H3,(H,22,26). The van der Waals surface area contributed by atoms with E-state index in [9.17, 15) is 14.4 Å². The molecule has 4 rings (SSSR count). The largest absolute Gasteiger partial charge is 0.484 e. The molecule has 1 N–H and O–H groups in total. The zero-order valence-corrected chi connectivity index (χ0v) is 15.6. The van der Waals surface area contributed by atoms with Gasteiger partial charge in [-0.05, 0) is 30.3 Å². The molecule has 1 atom stereocenters. The lowest BCUT2D eigenvalue weighted by molar-refractivity contribution is -0.128. The second-order valence-electron chi connectivity index (χ2n) is 6.44. The summed E-state index contributed by atoms with van der Waals surface area (Å²) >= 11 is 0. The van der Waals surface area contributed by atoms with Gasteiger partial charge >= 0.3 is 5.63 Å². The van der Waals surface area contributed by atoms with Gasteiger partial charge in [-0.15, -0.1) is 0 Å². The summed E-state index contributed by atoms with van der Waals surface area (Å²) in [5, 5.41) is 3.28. The van der Waals surface area contributed by atoms with Crippen molar-refractivity contribution in [1.29, 1.82) is 0 Å². The fraction of sp³-hybridized carbons (Fsp3) is 0.190. The Bertz CT molecular complexity index is 1140. The summed E-state index contributed by atoms with van der Waals surface area (Å²) in [6.07, 6.45) is -0.811. The molecule has 0 aliphatic carbocycles. The van der Waals surface area contributed by atoms with Crippen LogP contribution in [0.25, 0.3) is 11.0 Å². The number of nitrogens with zero attached hydrogens (tertiary/aromatic N) is 1. The Balaban J connectivity index is 1.53. The third-order valence-electron chi connectivity index (χ3n) is 4.57. The van der Waals surface area contributed by atoms with Gasteiger partial charge in [-0.2, -0.15) is 0 Å². The van der Waals surface area contributed by atoms with Crippen LogP contribution in [0.5, 0.6) is 11.5 Å². The first-order chi connectivity index (χ1) is 14.0. The SMILES string of the molecule is CNC(=O)C1CN(C(=O)COc2ccc3ccc(=O)oc3c2)c2ccccc2O1. The van der Waals surface area contributed by atoms with Crippen molar-refractivity contribution in [2.24, 2.45) is 0 Å². The van der Waals surface area contributed by atoms with E-state index in [-0.39, 0.29) is 25.0 Å². The first kappa shape index (κ1) is 18.5. The molecule has 2 heterocycles. The number of rotatable bonds is 4. The van der Waals surface area contributed by atoms with E-state index in [1.165, 1.54) is 18.0 Å². The Morgan fingerprint density at radius 1 is 1.17 bits per heavy atom. The Morgan fingerprint density at radius 3 is 2.79 bits per heavy atom. The van der Waals surface area contributed by atoms with Gasteiger partial charge in [0, 0.05) is 24.6 Å². The summed E-state index contributed by atoms with van der Waals surface area (Å²) in [6.45, 7) is -0.178. The van der Waals surface area contributed by atoms with Crippen LogP contribution >= 0.6 is 0 Å². The molecule has 8 nitrogen and oxygen atoms in total. The number of anilines is 1. The van der Waals surface area contributed by atoms with Crippen LogP contribution in [0.3, 0.4) is 0 Å². The van der Waals surface area contributed by atoms with E-state index in [1.54, 1.807) is 48.5 Å². The highest BCUT2D eigenvalue weighted by Crippen LogP contribution is 2.33. The summed E-state index contributed by atoms with van der Waals surface area (Å²) in [6, 6.07) is 15.0. The third kappa shape index (κ3) is 3.77. The Kier molecular flexibility index (Phi) is 4.90. The molecule has 0 radical (unpaired) electrons. The first-order valence-corrected chi connectivity index (χ1v) is 8.99. The molecule has 0 spiro atoms. The lowest BCUT2D eigenvalue weighted by Gasteiger charge is -2.33. The Labute approximate surface area is 165 Å². The van der Waals surface area contributed by atoms with E-state index in [1.807, 2.05) is 0 Å². The van der Waals surface area contributed by atoms with Crippen LogP contribution in [0.15, 0.2) is 63.8 Å². The minimum atomic E-state index is -0.811. The van der Waals surface area contributed by atoms with E-state index < -0.39 is 11.7 Å². The number of fused-ring (bicyclic) bond motifs is 2. The molecule has 2 amide bonds. The minimum absolute atomic E-state index is 0.0749. The predicted molar refractivity (Wildman–Crippen MR) is 105 cm³/mol. The zero-order chi connectivity index (χ0) is 20.4. The van der Waals surface area contributed by atoms with Crippen LogP contribution in [0.2, 0.25) is 0 Å². The molecule has 0 fully saturated rings. The fourth-order valence-corrected chi connectivity index (χ4v) is 3.12. The quantitative estimate of drug-likeness (QED) is 0.677. The molecule has 8 heteroatoms. The zero-order valence-electron chi connectivity index (χ0n) is 15.6. The van der Waals surface area contributed by atoms with Crippen molar-refractivity contribution in [3.63, 3.8) is 0 Å². The third-order valence-corrected chi connectivity index (χ3v) is 4.57. The first-order valence-electron chi connectivity index (χ1n) is 8.99. The topological polar surface area (TPSA) is 98.1 Å². The predicted octanol–water partition coefficient (Wildman–Crippen LogP) is 1.71. The van der Waals surface area contributed by atoms with Gasteiger partial charge in [0.15, 0.2) is 12.7 Å². The summed E-state index contributed by atoms with van der Waals surface area (Å²) in [5.74, 6) is 0.199. The van der Waals surface area contributed by atoms with Gasteiger partial charge in [-0.1, -0.05) is 12.1 Å². The lowest BCUT2D eigenvalue weighted by Crippen LogP contribution is -2.51. The number of para-hydroxylation sites is 2. The molecule has 148 valence electrons. The number of hydrogen-bond donors (Lipinski definition) is 1. The Hall–Kier alpha value is -3.81. The van der Waals surface area contributed by atoms with Gasteiger partial charge in [0.25, 0.3) is 11.8 Å². The van der Waals surface area contributed by atoms with Gasteiger partial charge < -0.3 is 24.1 Å². The number of amides is 2. The van der Waals surface area contributed by atoms with Gasteiger partial charge in [0.2, 0.25) is 0 Å². The van der Waals surface area contributed by atoms with E-state index in [4.69, 9.17) is 13.9 Å². The number of nitrogens with one attached hydrogen (secondary N) is 1. The summed E-state index contributed by atoms with van der Waals surface area (Å²) in [5.41, 5.74) is 0.487. The molecule has 1 aliphatic heterocycles. The molecule has 3 aromatic rings. The second-order valence-corrected chi connectivity index (χ2v) is 6.44. The lowest BCUT2D eigenvalue weighted by atomic mass is 10.1. The molecule has 0 saturated heterocycles. The number of carbonyl (C=O) groups is 2. The van der Waals surface area contributed by atoms with Crippen molar-refractivity contribution in [2.45, 2.75) is 6.10 Å². The van der Waals surface area contributed by atoms with Crippen LogP contribution in [-0.2, 0) is 9.59 Å². The van der Waals surface area contributed by atoms with Crippen molar-refractivity contribution >= 4 is 28.5 Å². The number of likely N-dealkylation sites (N-methyl/N-ethyl adjacent to an activating group) is 1. The number of carbonyl (C=O) groups excluding carboxylic acids is 2. The van der Waals surface area contributed by atoms with Crippen LogP contribution in [-0.4, -0.2) is 38.1 Å². The average molecular weight is 394 g/mol. The summed E-state index contributed by atoms with van der Waals surface area (Å²) in [4.78, 5) is 37.7. The maximum Gasteiger partial charge on any atom is 0.336 e. The van der Waals surface area contributed by atoms with Gasteiger partial charge in [-0.25, -0.2) is 4.79 Å². The fourth-order valence-electron chi connectivity index (χ4n) is 3.12. The van der Waals surface area contributed by atoms with E-state index in [0.717, 1.165) is 5.39 Å². The molecule has 1 aromatic heterocycles. The highest BCUT2D eigenvalue weighted by atomic mass is 16.5. The van der Waals surface area contributed by atoms with Gasteiger partial charge in [0.05, 0.1) is 12.2 Å². The maximum atomic E-state index is 12.8. The van der Waals surface area contributed by atoms with Crippen molar-refractivity contribution in [2.75, 3.05) is 25.1 Å². The molecule has 0 saturated carbocycles. The second kappa shape index (κ2) is 7.67. The summed E-state index contributed by atoms with van der Waals surface area (Å²) < 4.78 is 16.4. The molecule has 0 bridgehead atoms. The van der Waals surface area contributed by atoms with Crippen LogP contribution in [0, 0.1) is 0 Å². The van der Waals surface area contributed by atoms with Crippen molar-refractivity contribution in [3.8, 4) is 11.5 Å². The highest BCUT2D eigenvalue weighted by molar-refractivity contribution is 5.98. The molecule has 1 aliphatic rings.